The number of aryl methyl sites for hydroxylation is 1. The molecule has 2 aromatic rings. The van der Waals surface area contributed by atoms with Gasteiger partial charge in [-0.05, 0) is 25.1 Å². The van der Waals surface area contributed by atoms with Crippen molar-refractivity contribution < 1.29 is 8.42 Å². The molecule has 4 heterocycles. The van der Waals surface area contributed by atoms with Gasteiger partial charge in [0, 0.05) is 50.1 Å². The van der Waals surface area contributed by atoms with E-state index in [0.717, 1.165) is 37.4 Å². The third-order valence-electron chi connectivity index (χ3n) is 5.00. The van der Waals surface area contributed by atoms with Crippen LogP contribution in [0.3, 0.4) is 0 Å². The Hall–Kier alpha value is -1.93. The van der Waals surface area contributed by atoms with E-state index in [2.05, 4.69) is 15.0 Å². The first-order chi connectivity index (χ1) is 11.4. The lowest BCUT2D eigenvalue weighted by Crippen LogP contribution is -2.38. The molecule has 1 saturated heterocycles. The van der Waals surface area contributed by atoms with E-state index < -0.39 is 10.0 Å². The maximum absolute atomic E-state index is 12.2. The lowest BCUT2D eigenvalue weighted by Gasteiger charge is -2.24. The van der Waals surface area contributed by atoms with Gasteiger partial charge >= 0.3 is 0 Å². The van der Waals surface area contributed by atoms with Crippen LogP contribution in [-0.2, 0) is 29.0 Å². The Balaban J connectivity index is 1.62. The number of likely N-dealkylation sites (tertiary alicyclic amines) is 1. The normalized spacial score (nSPS) is 24.0. The van der Waals surface area contributed by atoms with Crippen molar-refractivity contribution in [2.45, 2.75) is 18.4 Å². The summed E-state index contributed by atoms with van der Waals surface area (Å²) in [5, 5.41) is 4.22. The van der Waals surface area contributed by atoms with Crippen molar-refractivity contribution >= 4 is 15.7 Å². The van der Waals surface area contributed by atoms with Gasteiger partial charge in [-0.1, -0.05) is 0 Å². The van der Waals surface area contributed by atoms with Gasteiger partial charge in [0.05, 0.1) is 23.8 Å². The quantitative estimate of drug-likeness (QED) is 0.819. The van der Waals surface area contributed by atoms with Gasteiger partial charge in [0.1, 0.15) is 0 Å². The zero-order chi connectivity index (χ0) is 16.9. The van der Waals surface area contributed by atoms with E-state index in [9.17, 15) is 8.42 Å². The third-order valence-corrected chi connectivity index (χ3v) is 6.13. The van der Waals surface area contributed by atoms with E-state index in [0.29, 0.717) is 6.54 Å². The fourth-order valence-electron chi connectivity index (χ4n) is 3.96. The molecule has 8 heteroatoms. The van der Waals surface area contributed by atoms with Gasteiger partial charge in [0.15, 0.2) is 0 Å². The summed E-state index contributed by atoms with van der Waals surface area (Å²) in [5.74, 6) is 0. The Kier molecular flexibility index (Phi) is 3.43. The molecule has 0 amide bonds. The summed E-state index contributed by atoms with van der Waals surface area (Å²) in [6, 6.07) is 3.67. The molecular formula is C16H21N5O2S. The van der Waals surface area contributed by atoms with E-state index in [1.54, 1.807) is 16.9 Å². The molecule has 128 valence electrons. The highest BCUT2D eigenvalue weighted by atomic mass is 32.2. The largest absolute Gasteiger partial charge is 0.298 e. The van der Waals surface area contributed by atoms with Crippen LogP contribution in [0.4, 0.5) is 5.69 Å². The Labute approximate surface area is 142 Å². The molecule has 0 bridgehead atoms. The molecule has 1 spiro atoms. The van der Waals surface area contributed by atoms with Gasteiger partial charge in [-0.2, -0.15) is 5.10 Å². The minimum atomic E-state index is -3.29. The Bertz CT molecular complexity index is 878. The van der Waals surface area contributed by atoms with E-state index >= 15 is 0 Å². The SMILES string of the molecule is Cn1cc(CN2CC[C@@]3(C2)CN(S(C)(=O)=O)c2cccnc23)cn1. The fraction of sp³-hybridized carbons (Fsp3) is 0.500. The molecule has 4 rings (SSSR count). The van der Waals surface area contributed by atoms with Crippen LogP contribution in [0, 0.1) is 0 Å². The van der Waals surface area contributed by atoms with Crippen LogP contribution in [0.15, 0.2) is 30.7 Å². The first kappa shape index (κ1) is 15.6. The summed E-state index contributed by atoms with van der Waals surface area (Å²) in [5.41, 5.74) is 2.63. The van der Waals surface area contributed by atoms with E-state index in [-0.39, 0.29) is 5.41 Å². The van der Waals surface area contributed by atoms with Crippen LogP contribution in [0.2, 0.25) is 0 Å². The molecule has 0 unspecified atom stereocenters. The molecule has 7 nitrogen and oxygen atoms in total. The number of rotatable bonds is 3. The topological polar surface area (TPSA) is 71.3 Å². The van der Waals surface area contributed by atoms with Gasteiger partial charge in [-0.15, -0.1) is 0 Å². The predicted octanol–water partition coefficient (Wildman–Crippen LogP) is 0.738. The highest BCUT2D eigenvalue weighted by Gasteiger charge is 2.50. The molecule has 2 aliphatic heterocycles. The zero-order valence-corrected chi connectivity index (χ0v) is 14.7. The van der Waals surface area contributed by atoms with Gasteiger partial charge in [0.25, 0.3) is 0 Å². The lowest BCUT2D eigenvalue weighted by molar-refractivity contribution is 0.306. The van der Waals surface area contributed by atoms with Gasteiger partial charge in [-0.3, -0.25) is 18.9 Å². The summed E-state index contributed by atoms with van der Waals surface area (Å²) >= 11 is 0. The van der Waals surface area contributed by atoms with Crippen molar-refractivity contribution in [1.29, 1.82) is 0 Å². The number of nitrogens with zero attached hydrogens (tertiary/aromatic N) is 5. The predicted molar refractivity (Wildman–Crippen MR) is 91.2 cm³/mol. The average molecular weight is 347 g/mol. The Morgan fingerprint density at radius 3 is 2.88 bits per heavy atom. The Morgan fingerprint density at radius 1 is 1.33 bits per heavy atom. The van der Waals surface area contributed by atoms with Gasteiger partial charge in [0.2, 0.25) is 10.0 Å². The lowest BCUT2D eigenvalue weighted by atomic mass is 9.85. The summed E-state index contributed by atoms with van der Waals surface area (Å²) in [6.07, 6.45) is 7.86. The highest BCUT2D eigenvalue weighted by Crippen LogP contribution is 2.46. The molecule has 1 atom stereocenters. The number of hydrogen-bond donors (Lipinski definition) is 0. The molecule has 0 N–H and O–H groups in total. The summed E-state index contributed by atoms with van der Waals surface area (Å²) in [6.45, 7) is 3.07. The number of hydrogen-bond acceptors (Lipinski definition) is 5. The first-order valence-corrected chi connectivity index (χ1v) is 9.85. The summed E-state index contributed by atoms with van der Waals surface area (Å²) in [4.78, 5) is 6.92. The van der Waals surface area contributed by atoms with Crippen LogP contribution in [0.1, 0.15) is 17.7 Å². The second-order valence-corrected chi connectivity index (χ2v) is 8.81. The standard InChI is InChI=1S/C16H21N5O2S/c1-19-9-13(8-18-19)10-20-7-5-16(11-20)12-21(24(2,22)23)14-4-3-6-17-15(14)16/h3-4,6,8-9H,5,7,10-12H2,1-2H3/t16-/m1/s1. The number of fused-ring (bicyclic) bond motifs is 2. The fourth-order valence-corrected chi connectivity index (χ4v) is 4.95. The van der Waals surface area contributed by atoms with Gasteiger partial charge in [-0.25, -0.2) is 8.42 Å². The number of anilines is 1. The number of aromatic nitrogens is 3. The monoisotopic (exact) mass is 347 g/mol. The van der Waals surface area contributed by atoms with Crippen molar-refractivity contribution in [1.82, 2.24) is 19.7 Å². The summed E-state index contributed by atoms with van der Waals surface area (Å²) < 4.78 is 27.7. The molecule has 0 saturated carbocycles. The molecule has 0 aliphatic carbocycles. The number of sulfonamides is 1. The molecule has 2 aromatic heterocycles. The summed E-state index contributed by atoms with van der Waals surface area (Å²) in [7, 11) is -1.38. The second-order valence-electron chi connectivity index (χ2n) is 6.90. The van der Waals surface area contributed by atoms with Crippen LogP contribution >= 0.6 is 0 Å². The van der Waals surface area contributed by atoms with E-state index in [1.807, 2.05) is 25.5 Å². The maximum atomic E-state index is 12.2. The molecular weight excluding hydrogens is 326 g/mol. The molecule has 1 fully saturated rings. The number of pyridine rings is 1. The third kappa shape index (κ3) is 2.50. The molecule has 0 radical (unpaired) electrons. The minimum Gasteiger partial charge on any atom is -0.298 e. The van der Waals surface area contributed by atoms with E-state index in [4.69, 9.17) is 0 Å². The van der Waals surface area contributed by atoms with Crippen molar-refractivity contribution in [3.05, 3.63) is 42.0 Å². The van der Waals surface area contributed by atoms with Crippen LogP contribution in [0.5, 0.6) is 0 Å². The minimum absolute atomic E-state index is 0.206. The van der Waals surface area contributed by atoms with Crippen molar-refractivity contribution in [3.8, 4) is 0 Å². The van der Waals surface area contributed by atoms with Gasteiger partial charge < -0.3 is 0 Å². The highest BCUT2D eigenvalue weighted by molar-refractivity contribution is 7.92. The van der Waals surface area contributed by atoms with Crippen molar-refractivity contribution in [3.63, 3.8) is 0 Å². The molecule has 2 aliphatic rings. The first-order valence-electron chi connectivity index (χ1n) is 8.00. The maximum Gasteiger partial charge on any atom is 0.232 e. The smallest absolute Gasteiger partial charge is 0.232 e. The van der Waals surface area contributed by atoms with Crippen LogP contribution < -0.4 is 4.31 Å². The van der Waals surface area contributed by atoms with Crippen molar-refractivity contribution in [2.75, 3.05) is 30.2 Å². The average Bonchev–Trinajstić information content (AvgIpc) is 3.20. The van der Waals surface area contributed by atoms with Crippen LogP contribution in [0.25, 0.3) is 0 Å². The van der Waals surface area contributed by atoms with Crippen molar-refractivity contribution in [2.24, 2.45) is 7.05 Å². The molecule has 0 aromatic carbocycles. The second kappa shape index (κ2) is 5.29. The zero-order valence-electron chi connectivity index (χ0n) is 13.9. The van der Waals surface area contributed by atoms with Crippen LogP contribution in [-0.4, -0.2) is 54.0 Å². The van der Waals surface area contributed by atoms with E-state index in [1.165, 1.54) is 16.1 Å². The molecule has 24 heavy (non-hydrogen) atoms. The Morgan fingerprint density at radius 2 is 2.17 bits per heavy atom.